The van der Waals surface area contributed by atoms with Gasteiger partial charge in [-0.05, 0) is 51.0 Å². The van der Waals surface area contributed by atoms with Crippen LogP contribution in [0.4, 0.5) is 5.69 Å². The van der Waals surface area contributed by atoms with Gasteiger partial charge in [-0.2, -0.15) is 5.10 Å². The van der Waals surface area contributed by atoms with Crippen LogP contribution in [0.2, 0.25) is 0 Å². The van der Waals surface area contributed by atoms with E-state index in [1.54, 1.807) is 15.0 Å². The minimum Gasteiger partial charge on any atom is -0.368 e. The smallest absolute Gasteiger partial charge is 0.258 e. The fourth-order valence-corrected chi connectivity index (χ4v) is 4.19. The molecule has 30 heavy (non-hydrogen) atoms. The molecule has 0 bridgehead atoms. The van der Waals surface area contributed by atoms with Gasteiger partial charge in [-0.1, -0.05) is 0 Å². The summed E-state index contributed by atoms with van der Waals surface area (Å²) in [5.74, 6) is 0. The van der Waals surface area contributed by atoms with Gasteiger partial charge in [0.2, 0.25) is 0 Å². The molecular weight excluding hydrogens is 378 g/mol. The first-order chi connectivity index (χ1) is 14.4. The van der Waals surface area contributed by atoms with E-state index in [1.807, 2.05) is 39.2 Å². The van der Waals surface area contributed by atoms with Gasteiger partial charge in [0.25, 0.3) is 5.56 Å². The zero-order chi connectivity index (χ0) is 21.0. The second kappa shape index (κ2) is 6.91. The first-order valence-electron chi connectivity index (χ1n) is 10.3. The van der Waals surface area contributed by atoms with E-state index in [1.165, 1.54) is 0 Å². The van der Waals surface area contributed by atoms with E-state index in [9.17, 15) is 4.79 Å². The molecule has 0 saturated carbocycles. The van der Waals surface area contributed by atoms with E-state index >= 15 is 0 Å². The minimum atomic E-state index is -0.107. The summed E-state index contributed by atoms with van der Waals surface area (Å²) in [7, 11) is 0. The Labute approximate surface area is 174 Å². The number of anilines is 1. The molecule has 1 fully saturated rings. The van der Waals surface area contributed by atoms with Crippen LogP contribution in [0, 0.1) is 20.8 Å². The van der Waals surface area contributed by atoms with Crippen molar-refractivity contribution in [2.75, 3.05) is 24.5 Å². The molecule has 1 aliphatic heterocycles. The Bertz CT molecular complexity index is 1340. The van der Waals surface area contributed by atoms with E-state index in [4.69, 9.17) is 4.98 Å². The summed E-state index contributed by atoms with van der Waals surface area (Å²) in [6.45, 7) is 10.9. The quantitative estimate of drug-likeness (QED) is 0.552. The van der Waals surface area contributed by atoms with Crippen LogP contribution in [-0.4, -0.2) is 49.7 Å². The van der Waals surface area contributed by atoms with Crippen LogP contribution in [0.3, 0.4) is 0 Å². The molecule has 1 N–H and O–H groups in total. The molecular formula is C22H25N7O. The number of aryl methyl sites for hydroxylation is 3. The number of nitrogens with zero attached hydrogens (tertiary/aromatic N) is 6. The molecule has 1 saturated heterocycles. The number of hydrogen-bond donors (Lipinski definition) is 1. The fraction of sp³-hybridized carbons (Fsp3) is 0.364. The molecule has 8 nitrogen and oxygen atoms in total. The summed E-state index contributed by atoms with van der Waals surface area (Å²) < 4.78 is 3.40. The van der Waals surface area contributed by atoms with Gasteiger partial charge in [0.15, 0.2) is 5.65 Å². The van der Waals surface area contributed by atoms with E-state index in [0.717, 1.165) is 47.8 Å². The monoisotopic (exact) mass is 403 g/mol. The Morgan fingerprint density at radius 3 is 2.60 bits per heavy atom. The highest BCUT2D eigenvalue weighted by atomic mass is 16.1. The summed E-state index contributed by atoms with van der Waals surface area (Å²) in [6.07, 6.45) is 3.78. The van der Waals surface area contributed by atoms with Crippen molar-refractivity contribution in [3.05, 3.63) is 57.8 Å². The average molecular weight is 403 g/mol. The predicted molar refractivity (Wildman–Crippen MR) is 117 cm³/mol. The third-order valence-corrected chi connectivity index (χ3v) is 5.66. The number of rotatable bonds is 2. The van der Waals surface area contributed by atoms with Crippen LogP contribution in [0.1, 0.15) is 23.7 Å². The zero-order valence-corrected chi connectivity index (χ0v) is 17.7. The van der Waals surface area contributed by atoms with Crippen LogP contribution in [0.5, 0.6) is 0 Å². The van der Waals surface area contributed by atoms with Gasteiger partial charge in [0, 0.05) is 37.9 Å². The molecule has 154 valence electrons. The van der Waals surface area contributed by atoms with Crippen molar-refractivity contribution in [3.8, 4) is 11.4 Å². The Hall–Kier alpha value is -3.26. The molecule has 0 aromatic carbocycles. The van der Waals surface area contributed by atoms with Crippen molar-refractivity contribution >= 4 is 17.0 Å². The molecule has 1 atom stereocenters. The summed E-state index contributed by atoms with van der Waals surface area (Å²) in [5, 5.41) is 8.09. The third kappa shape index (κ3) is 3.13. The van der Waals surface area contributed by atoms with Gasteiger partial charge in [-0.25, -0.2) is 14.5 Å². The molecule has 0 amide bonds. The highest BCUT2D eigenvalue weighted by Crippen LogP contribution is 2.22. The topological polar surface area (TPSA) is 79.8 Å². The van der Waals surface area contributed by atoms with Gasteiger partial charge in [-0.15, -0.1) is 0 Å². The van der Waals surface area contributed by atoms with Gasteiger partial charge in [0.05, 0.1) is 23.3 Å². The molecule has 0 radical (unpaired) electrons. The number of aromatic nitrogens is 5. The normalized spacial score (nSPS) is 17.2. The summed E-state index contributed by atoms with van der Waals surface area (Å²) in [5.41, 5.74) is 6.52. The van der Waals surface area contributed by atoms with Crippen LogP contribution >= 0.6 is 0 Å². The van der Waals surface area contributed by atoms with Crippen molar-refractivity contribution in [3.63, 3.8) is 0 Å². The van der Waals surface area contributed by atoms with Crippen molar-refractivity contribution in [1.29, 1.82) is 0 Å². The Kier molecular flexibility index (Phi) is 4.32. The van der Waals surface area contributed by atoms with E-state index < -0.39 is 0 Å². The maximum absolute atomic E-state index is 13.0. The Morgan fingerprint density at radius 2 is 1.80 bits per heavy atom. The standard InChI is InChI=1S/C22H25N7O/c1-13-7-17(27-6-5-23-15(3)10-27)12-28-20(30)9-18(25-21(13)28)19-8-14(2)22-24-16(4)11-29(22)26-19/h7-9,11-12,15,23H,5-6,10H2,1-4H3/t15-/m0/s1. The predicted octanol–water partition coefficient (Wildman–Crippen LogP) is 2.13. The second-order valence-electron chi connectivity index (χ2n) is 8.22. The summed E-state index contributed by atoms with van der Waals surface area (Å²) >= 11 is 0. The molecule has 5 rings (SSSR count). The maximum atomic E-state index is 13.0. The van der Waals surface area contributed by atoms with Crippen LogP contribution < -0.4 is 15.8 Å². The fourth-order valence-electron chi connectivity index (χ4n) is 4.19. The van der Waals surface area contributed by atoms with E-state index in [0.29, 0.717) is 23.1 Å². The maximum Gasteiger partial charge on any atom is 0.258 e. The lowest BCUT2D eigenvalue weighted by atomic mass is 10.2. The first kappa shape index (κ1) is 18.7. The summed E-state index contributed by atoms with van der Waals surface area (Å²) in [4.78, 5) is 24.6. The zero-order valence-electron chi connectivity index (χ0n) is 17.7. The van der Waals surface area contributed by atoms with Crippen LogP contribution in [0.15, 0.2) is 35.4 Å². The third-order valence-electron chi connectivity index (χ3n) is 5.66. The van der Waals surface area contributed by atoms with Gasteiger partial charge in [0.1, 0.15) is 11.3 Å². The number of pyridine rings is 1. The largest absolute Gasteiger partial charge is 0.368 e. The van der Waals surface area contributed by atoms with E-state index in [2.05, 4.69) is 33.3 Å². The Balaban J connectivity index is 1.63. The van der Waals surface area contributed by atoms with Gasteiger partial charge >= 0.3 is 0 Å². The number of fused-ring (bicyclic) bond motifs is 2. The molecule has 1 aliphatic rings. The van der Waals surface area contributed by atoms with Crippen molar-refractivity contribution < 1.29 is 0 Å². The van der Waals surface area contributed by atoms with Gasteiger partial charge in [-0.3, -0.25) is 9.20 Å². The van der Waals surface area contributed by atoms with Crippen molar-refractivity contribution in [1.82, 2.24) is 29.3 Å². The minimum absolute atomic E-state index is 0.107. The lowest BCUT2D eigenvalue weighted by molar-refractivity contribution is 0.484. The van der Waals surface area contributed by atoms with Crippen LogP contribution in [-0.2, 0) is 0 Å². The van der Waals surface area contributed by atoms with Crippen molar-refractivity contribution in [2.45, 2.75) is 33.7 Å². The molecule has 4 aromatic heterocycles. The lowest BCUT2D eigenvalue weighted by Crippen LogP contribution is -2.49. The lowest BCUT2D eigenvalue weighted by Gasteiger charge is -2.33. The number of hydrogen-bond acceptors (Lipinski definition) is 6. The average Bonchev–Trinajstić information content (AvgIpc) is 3.09. The second-order valence-corrected chi connectivity index (χ2v) is 8.22. The molecule has 0 unspecified atom stereocenters. The van der Waals surface area contributed by atoms with Crippen LogP contribution in [0.25, 0.3) is 22.7 Å². The number of imidazole rings is 1. The molecule has 8 heteroatoms. The molecule has 4 aromatic rings. The summed E-state index contributed by atoms with van der Waals surface area (Å²) in [6, 6.07) is 6.04. The number of nitrogens with one attached hydrogen (secondary N) is 1. The van der Waals surface area contributed by atoms with Crippen molar-refractivity contribution in [2.24, 2.45) is 0 Å². The molecule has 0 aliphatic carbocycles. The highest BCUT2D eigenvalue weighted by molar-refractivity contribution is 5.64. The molecule has 5 heterocycles. The molecule has 0 spiro atoms. The number of piperazine rings is 1. The SMILES string of the molecule is Cc1cn2nc(-c3cc(=O)n4cc(N5CCN[C@@H](C)C5)cc(C)c4n3)cc(C)c2n1. The van der Waals surface area contributed by atoms with Gasteiger partial charge < -0.3 is 10.2 Å². The Morgan fingerprint density at radius 1 is 1.00 bits per heavy atom. The highest BCUT2D eigenvalue weighted by Gasteiger charge is 2.18. The van der Waals surface area contributed by atoms with E-state index in [-0.39, 0.29) is 5.56 Å². The first-order valence-corrected chi connectivity index (χ1v) is 10.3.